The molecule has 0 spiro atoms. The maximum absolute atomic E-state index is 13.0. The normalized spacial score (nSPS) is 17.2. The van der Waals surface area contributed by atoms with Gasteiger partial charge in [0, 0.05) is 25.2 Å². The molecule has 2 aromatic heterocycles. The zero-order chi connectivity index (χ0) is 20.9. The Morgan fingerprint density at radius 2 is 2.13 bits per heavy atom. The molecule has 0 radical (unpaired) electrons. The number of rotatable bonds is 7. The molecular formula is C23H28N4O2S. The number of hydrogen-bond donors (Lipinski definition) is 0. The number of thiophene rings is 1. The van der Waals surface area contributed by atoms with Crippen LogP contribution >= 0.6 is 11.3 Å². The molecule has 3 heterocycles. The summed E-state index contributed by atoms with van der Waals surface area (Å²) in [5, 5.41) is 6.01. The van der Waals surface area contributed by atoms with Crippen molar-refractivity contribution in [2.24, 2.45) is 5.92 Å². The van der Waals surface area contributed by atoms with Crippen molar-refractivity contribution in [3.63, 3.8) is 0 Å². The van der Waals surface area contributed by atoms with Crippen LogP contribution in [0.1, 0.15) is 48.5 Å². The van der Waals surface area contributed by atoms with Crippen LogP contribution in [0.2, 0.25) is 0 Å². The van der Waals surface area contributed by atoms with Crippen molar-refractivity contribution in [3.05, 3.63) is 58.8 Å². The molecule has 1 aliphatic rings. The highest BCUT2D eigenvalue weighted by Gasteiger charge is 2.19. The third kappa shape index (κ3) is 4.96. The maximum atomic E-state index is 13.0. The van der Waals surface area contributed by atoms with Crippen molar-refractivity contribution in [1.29, 1.82) is 0 Å². The first kappa shape index (κ1) is 20.8. The second-order valence-electron chi connectivity index (χ2n) is 7.99. The van der Waals surface area contributed by atoms with E-state index in [0.29, 0.717) is 30.4 Å². The van der Waals surface area contributed by atoms with Gasteiger partial charge in [0.25, 0.3) is 5.91 Å². The molecule has 0 unspecified atom stereocenters. The fourth-order valence-electron chi connectivity index (χ4n) is 3.94. The molecule has 7 heteroatoms. The summed E-state index contributed by atoms with van der Waals surface area (Å²) in [7, 11) is 0. The minimum atomic E-state index is -0.0217. The molecule has 0 aliphatic carbocycles. The molecule has 0 N–H and O–H groups in total. The summed E-state index contributed by atoms with van der Waals surface area (Å²) >= 11 is 1.56. The second-order valence-corrected chi connectivity index (χ2v) is 8.94. The van der Waals surface area contributed by atoms with Crippen molar-refractivity contribution in [1.82, 2.24) is 19.9 Å². The number of benzene rings is 1. The minimum Gasteiger partial charge on any atom is -0.337 e. The van der Waals surface area contributed by atoms with Gasteiger partial charge in [-0.2, -0.15) is 4.98 Å². The Morgan fingerprint density at radius 1 is 1.30 bits per heavy atom. The smallest absolute Gasteiger partial charge is 0.254 e. The molecule has 1 atom stereocenters. The van der Waals surface area contributed by atoms with Gasteiger partial charge in [0.05, 0.1) is 4.88 Å². The third-order valence-electron chi connectivity index (χ3n) is 5.55. The predicted octanol–water partition coefficient (Wildman–Crippen LogP) is 4.69. The van der Waals surface area contributed by atoms with Gasteiger partial charge >= 0.3 is 0 Å². The van der Waals surface area contributed by atoms with E-state index >= 15 is 0 Å². The lowest BCUT2D eigenvalue weighted by molar-refractivity contribution is 0.0734. The summed E-state index contributed by atoms with van der Waals surface area (Å²) in [6, 6.07) is 11.9. The van der Waals surface area contributed by atoms with Crippen molar-refractivity contribution in [2.75, 3.05) is 19.6 Å². The van der Waals surface area contributed by atoms with Crippen LogP contribution in [0.15, 0.2) is 46.3 Å². The Balaban J connectivity index is 1.38. The van der Waals surface area contributed by atoms with Crippen molar-refractivity contribution in [3.8, 4) is 10.7 Å². The number of amides is 1. The van der Waals surface area contributed by atoms with Crippen LogP contribution in [0.3, 0.4) is 0 Å². The van der Waals surface area contributed by atoms with Gasteiger partial charge in [-0.3, -0.25) is 9.69 Å². The minimum absolute atomic E-state index is 0.0217. The van der Waals surface area contributed by atoms with Gasteiger partial charge in [-0.15, -0.1) is 11.3 Å². The highest BCUT2D eigenvalue weighted by atomic mass is 32.1. The molecule has 1 fully saturated rings. The van der Waals surface area contributed by atoms with Crippen LogP contribution in [0.4, 0.5) is 0 Å². The van der Waals surface area contributed by atoms with Crippen LogP contribution in [0.5, 0.6) is 0 Å². The highest BCUT2D eigenvalue weighted by molar-refractivity contribution is 7.13. The Morgan fingerprint density at radius 3 is 2.83 bits per heavy atom. The molecule has 1 aromatic carbocycles. The summed E-state index contributed by atoms with van der Waals surface area (Å²) in [5.41, 5.74) is 1.94. The van der Waals surface area contributed by atoms with Gasteiger partial charge in [0.2, 0.25) is 11.7 Å². The van der Waals surface area contributed by atoms with E-state index < -0.39 is 0 Å². The van der Waals surface area contributed by atoms with E-state index in [1.807, 2.05) is 36.6 Å². The number of carbonyl (C=O) groups is 1. The van der Waals surface area contributed by atoms with Gasteiger partial charge in [-0.1, -0.05) is 30.3 Å². The summed E-state index contributed by atoms with van der Waals surface area (Å²) in [4.78, 5) is 22.6. The average molecular weight is 425 g/mol. The van der Waals surface area contributed by atoms with E-state index in [-0.39, 0.29) is 5.91 Å². The van der Waals surface area contributed by atoms with Crippen molar-refractivity contribution >= 4 is 17.2 Å². The molecule has 1 amide bonds. The number of carbonyl (C=O) groups excluding carboxylic acids is 1. The number of piperidine rings is 1. The lowest BCUT2D eigenvalue weighted by Crippen LogP contribution is -2.33. The lowest BCUT2D eigenvalue weighted by Gasteiger charge is -2.30. The molecule has 1 aliphatic heterocycles. The first-order valence-corrected chi connectivity index (χ1v) is 11.5. The summed E-state index contributed by atoms with van der Waals surface area (Å²) < 4.78 is 5.37. The molecule has 0 bridgehead atoms. The Kier molecular flexibility index (Phi) is 6.59. The lowest BCUT2D eigenvalue weighted by atomic mass is 9.99. The van der Waals surface area contributed by atoms with Crippen LogP contribution in [-0.2, 0) is 13.1 Å². The third-order valence-corrected chi connectivity index (χ3v) is 6.42. The van der Waals surface area contributed by atoms with E-state index in [4.69, 9.17) is 4.52 Å². The highest BCUT2D eigenvalue weighted by Crippen LogP contribution is 2.22. The van der Waals surface area contributed by atoms with Crippen molar-refractivity contribution < 1.29 is 9.32 Å². The zero-order valence-corrected chi connectivity index (χ0v) is 18.4. The van der Waals surface area contributed by atoms with Gasteiger partial charge in [-0.05, 0) is 61.4 Å². The molecule has 158 valence electrons. The van der Waals surface area contributed by atoms with Crippen LogP contribution in [0, 0.1) is 5.92 Å². The van der Waals surface area contributed by atoms with Gasteiger partial charge in [-0.25, -0.2) is 0 Å². The van der Waals surface area contributed by atoms with Gasteiger partial charge in [0.1, 0.15) is 6.54 Å². The Bertz CT molecular complexity index is 952. The van der Waals surface area contributed by atoms with Crippen LogP contribution < -0.4 is 0 Å². The Hall–Kier alpha value is -2.51. The molecule has 6 nitrogen and oxygen atoms in total. The first-order chi connectivity index (χ1) is 14.6. The molecule has 30 heavy (non-hydrogen) atoms. The summed E-state index contributed by atoms with van der Waals surface area (Å²) in [6.07, 6.45) is 2.60. The largest absolute Gasteiger partial charge is 0.337 e. The van der Waals surface area contributed by atoms with E-state index in [2.05, 4.69) is 34.1 Å². The first-order valence-electron chi connectivity index (χ1n) is 10.6. The van der Waals surface area contributed by atoms with E-state index in [9.17, 15) is 4.79 Å². The second kappa shape index (κ2) is 9.53. The van der Waals surface area contributed by atoms with Gasteiger partial charge < -0.3 is 9.42 Å². The van der Waals surface area contributed by atoms with Crippen LogP contribution in [-0.4, -0.2) is 45.5 Å². The van der Waals surface area contributed by atoms with Crippen LogP contribution in [0.25, 0.3) is 10.7 Å². The van der Waals surface area contributed by atoms with E-state index in [1.165, 1.54) is 18.4 Å². The number of hydrogen-bond acceptors (Lipinski definition) is 6. The molecular weight excluding hydrogens is 396 g/mol. The number of nitrogens with zero attached hydrogens (tertiary/aromatic N) is 4. The topological polar surface area (TPSA) is 62.5 Å². The molecule has 3 aromatic rings. The fourth-order valence-corrected chi connectivity index (χ4v) is 4.59. The van der Waals surface area contributed by atoms with E-state index in [0.717, 1.165) is 30.4 Å². The Labute approximate surface area is 181 Å². The quantitative estimate of drug-likeness (QED) is 0.550. The fraction of sp³-hybridized carbons (Fsp3) is 0.435. The predicted molar refractivity (Wildman–Crippen MR) is 118 cm³/mol. The van der Waals surface area contributed by atoms with Gasteiger partial charge in [0.15, 0.2) is 0 Å². The molecule has 0 saturated carbocycles. The number of likely N-dealkylation sites (tertiary alicyclic amines) is 1. The molecule has 1 saturated heterocycles. The average Bonchev–Trinajstić information content (AvgIpc) is 3.44. The van der Waals surface area contributed by atoms with E-state index in [1.54, 1.807) is 16.2 Å². The summed E-state index contributed by atoms with van der Waals surface area (Å²) in [5.74, 6) is 1.76. The standard InChI is InChI=1S/C23H28N4O2S/c1-3-27(16-21-24-22(25-29-21)20-7-5-13-30-20)23(28)19-10-8-18(9-11-19)15-26-12-4-6-17(2)14-26/h5,7-11,13,17H,3-4,6,12,14-16H2,1-2H3/t17-/m1/s1. The number of aromatic nitrogens is 2. The van der Waals surface area contributed by atoms with Crippen molar-refractivity contribution in [2.45, 2.75) is 39.8 Å². The zero-order valence-electron chi connectivity index (χ0n) is 17.6. The maximum Gasteiger partial charge on any atom is 0.254 e. The SMILES string of the molecule is CCN(Cc1nc(-c2cccs2)no1)C(=O)c1ccc(CN2CCC[C@@H](C)C2)cc1. The summed E-state index contributed by atoms with van der Waals surface area (Å²) in [6.45, 7) is 8.42. The molecule has 4 rings (SSSR count). The monoisotopic (exact) mass is 424 g/mol.